The summed E-state index contributed by atoms with van der Waals surface area (Å²) < 4.78 is 0. The van der Waals surface area contributed by atoms with E-state index in [1.165, 1.54) is 0 Å². The summed E-state index contributed by atoms with van der Waals surface area (Å²) in [5, 5.41) is 12.8. The molecule has 110 valence electrons. The third-order valence-corrected chi connectivity index (χ3v) is 3.86. The number of amides is 1. The molecule has 5 heteroatoms. The Morgan fingerprint density at radius 1 is 1.40 bits per heavy atom. The molecule has 1 aliphatic rings. The lowest BCUT2D eigenvalue weighted by Gasteiger charge is -2.27. The second-order valence-corrected chi connectivity index (χ2v) is 5.62. The molecule has 2 N–H and O–H groups in total. The van der Waals surface area contributed by atoms with Crippen LogP contribution in [0.25, 0.3) is 0 Å². The molecule has 1 amide bonds. The number of anilines is 1. The monoisotopic (exact) mass is 277 g/mol. The van der Waals surface area contributed by atoms with E-state index >= 15 is 0 Å². The predicted molar refractivity (Wildman–Crippen MR) is 78.9 cm³/mol. The van der Waals surface area contributed by atoms with Crippen LogP contribution in [-0.4, -0.2) is 42.7 Å². The largest absolute Gasteiger partial charge is 0.393 e. The highest BCUT2D eigenvalue weighted by Gasteiger charge is 2.23. The van der Waals surface area contributed by atoms with Crippen molar-refractivity contribution in [3.63, 3.8) is 0 Å². The van der Waals surface area contributed by atoms with Gasteiger partial charge in [-0.15, -0.1) is 0 Å². The predicted octanol–water partition coefficient (Wildman–Crippen LogP) is 1.43. The van der Waals surface area contributed by atoms with Crippen LogP contribution in [0.4, 0.5) is 5.82 Å². The van der Waals surface area contributed by atoms with Gasteiger partial charge in [-0.2, -0.15) is 0 Å². The number of nitrogens with zero attached hydrogens (tertiary/aromatic N) is 2. The average Bonchev–Trinajstić information content (AvgIpc) is 2.46. The Hall–Kier alpha value is -1.62. The van der Waals surface area contributed by atoms with Crippen molar-refractivity contribution in [3.8, 4) is 0 Å². The Balaban J connectivity index is 1.88. The first-order chi connectivity index (χ1) is 9.58. The molecule has 0 bridgehead atoms. The van der Waals surface area contributed by atoms with E-state index in [9.17, 15) is 9.90 Å². The van der Waals surface area contributed by atoms with E-state index in [4.69, 9.17) is 0 Å². The molecule has 2 unspecified atom stereocenters. The maximum Gasteiger partial charge on any atom is 0.252 e. The molecule has 1 aliphatic carbocycles. The number of carbonyl (C=O) groups excluding carboxylic acids is 1. The lowest BCUT2D eigenvalue weighted by Crippen LogP contribution is -2.36. The van der Waals surface area contributed by atoms with Crippen LogP contribution in [0.2, 0.25) is 0 Å². The number of hydrogen-bond donors (Lipinski definition) is 2. The molecule has 2 rings (SSSR count). The van der Waals surface area contributed by atoms with Crippen molar-refractivity contribution in [1.29, 1.82) is 0 Å². The van der Waals surface area contributed by atoms with Gasteiger partial charge in [0, 0.05) is 32.8 Å². The van der Waals surface area contributed by atoms with Gasteiger partial charge >= 0.3 is 0 Å². The van der Waals surface area contributed by atoms with Crippen LogP contribution in [-0.2, 0) is 0 Å². The first kappa shape index (κ1) is 14.8. The summed E-state index contributed by atoms with van der Waals surface area (Å²) >= 11 is 0. The SMILES string of the molecule is CN(C)c1ccc(C(=O)NCC2CCCCC2O)cn1. The summed E-state index contributed by atoms with van der Waals surface area (Å²) in [5.41, 5.74) is 0.556. The molecule has 0 aromatic carbocycles. The van der Waals surface area contributed by atoms with Crippen LogP contribution in [0.5, 0.6) is 0 Å². The molecule has 1 fully saturated rings. The minimum Gasteiger partial charge on any atom is -0.393 e. The van der Waals surface area contributed by atoms with Crippen molar-refractivity contribution in [2.24, 2.45) is 5.92 Å². The average molecular weight is 277 g/mol. The molecule has 1 aromatic heterocycles. The van der Waals surface area contributed by atoms with Crippen LogP contribution < -0.4 is 10.2 Å². The summed E-state index contributed by atoms with van der Waals surface area (Å²) in [5.74, 6) is 0.881. The number of aliphatic hydroxyl groups excluding tert-OH is 1. The number of carbonyl (C=O) groups is 1. The third kappa shape index (κ3) is 3.70. The Bertz CT molecular complexity index is 445. The molecule has 1 aromatic rings. The van der Waals surface area contributed by atoms with Crippen LogP contribution in [0.3, 0.4) is 0 Å². The van der Waals surface area contributed by atoms with Gasteiger partial charge in [0.1, 0.15) is 5.82 Å². The molecule has 1 heterocycles. The van der Waals surface area contributed by atoms with Gasteiger partial charge < -0.3 is 15.3 Å². The van der Waals surface area contributed by atoms with Crippen molar-refractivity contribution >= 4 is 11.7 Å². The summed E-state index contributed by atoms with van der Waals surface area (Å²) in [6.07, 6.45) is 5.36. The van der Waals surface area contributed by atoms with Gasteiger partial charge in [-0.3, -0.25) is 4.79 Å². The molecule has 0 radical (unpaired) electrons. The normalized spacial score (nSPS) is 22.4. The number of aromatic nitrogens is 1. The fourth-order valence-electron chi connectivity index (χ4n) is 2.54. The van der Waals surface area contributed by atoms with Crippen molar-refractivity contribution in [2.45, 2.75) is 31.8 Å². The number of hydrogen-bond acceptors (Lipinski definition) is 4. The number of aliphatic hydroxyl groups is 1. The van der Waals surface area contributed by atoms with E-state index in [0.717, 1.165) is 31.5 Å². The van der Waals surface area contributed by atoms with E-state index in [1.54, 1.807) is 12.3 Å². The zero-order valence-electron chi connectivity index (χ0n) is 12.2. The van der Waals surface area contributed by atoms with Gasteiger partial charge in [-0.05, 0) is 25.0 Å². The van der Waals surface area contributed by atoms with E-state index in [1.807, 2.05) is 25.1 Å². The molecular formula is C15H23N3O2. The summed E-state index contributed by atoms with van der Waals surface area (Å²) in [6, 6.07) is 3.60. The number of rotatable bonds is 4. The Kier molecular flexibility index (Phi) is 4.95. The molecule has 1 saturated carbocycles. The topological polar surface area (TPSA) is 65.5 Å². The molecule has 0 spiro atoms. The maximum atomic E-state index is 12.0. The van der Waals surface area contributed by atoms with Gasteiger partial charge in [0.05, 0.1) is 11.7 Å². The standard InChI is InChI=1S/C15H23N3O2/c1-18(2)14-8-7-12(10-16-14)15(20)17-9-11-5-3-4-6-13(11)19/h7-8,10-11,13,19H,3-6,9H2,1-2H3,(H,17,20). The Labute approximate surface area is 120 Å². The highest BCUT2D eigenvalue weighted by molar-refractivity contribution is 5.94. The van der Waals surface area contributed by atoms with Crippen LogP contribution in [0.15, 0.2) is 18.3 Å². The van der Waals surface area contributed by atoms with E-state index in [0.29, 0.717) is 12.1 Å². The van der Waals surface area contributed by atoms with Gasteiger partial charge in [-0.25, -0.2) is 4.98 Å². The van der Waals surface area contributed by atoms with Crippen molar-refractivity contribution in [2.75, 3.05) is 25.5 Å². The first-order valence-corrected chi connectivity index (χ1v) is 7.17. The Morgan fingerprint density at radius 3 is 2.75 bits per heavy atom. The lowest BCUT2D eigenvalue weighted by atomic mass is 9.86. The summed E-state index contributed by atoms with van der Waals surface area (Å²) in [6.45, 7) is 0.537. The molecular weight excluding hydrogens is 254 g/mol. The van der Waals surface area contributed by atoms with E-state index in [-0.39, 0.29) is 17.9 Å². The van der Waals surface area contributed by atoms with E-state index < -0.39 is 0 Å². The second kappa shape index (κ2) is 6.70. The smallest absolute Gasteiger partial charge is 0.252 e. The van der Waals surface area contributed by atoms with Crippen molar-refractivity contribution in [3.05, 3.63) is 23.9 Å². The van der Waals surface area contributed by atoms with Gasteiger partial charge in [0.2, 0.25) is 0 Å². The highest BCUT2D eigenvalue weighted by atomic mass is 16.3. The summed E-state index contributed by atoms with van der Waals surface area (Å²) in [4.78, 5) is 18.1. The highest BCUT2D eigenvalue weighted by Crippen LogP contribution is 2.23. The van der Waals surface area contributed by atoms with Crippen molar-refractivity contribution in [1.82, 2.24) is 10.3 Å². The maximum absolute atomic E-state index is 12.0. The fraction of sp³-hybridized carbons (Fsp3) is 0.600. The van der Waals surface area contributed by atoms with Crippen molar-refractivity contribution < 1.29 is 9.90 Å². The van der Waals surface area contributed by atoms with Crippen LogP contribution in [0, 0.1) is 5.92 Å². The zero-order valence-corrected chi connectivity index (χ0v) is 12.2. The molecule has 20 heavy (non-hydrogen) atoms. The fourth-order valence-corrected chi connectivity index (χ4v) is 2.54. The quantitative estimate of drug-likeness (QED) is 0.874. The number of pyridine rings is 1. The third-order valence-electron chi connectivity index (χ3n) is 3.86. The second-order valence-electron chi connectivity index (χ2n) is 5.62. The van der Waals surface area contributed by atoms with Crippen LogP contribution >= 0.6 is 0 Å². The van der Waals surface area contributed by atoms with Gasteiger partial charge in [0.25, 0.3) is 5.91 Å². The minimum absolute atomic E-state index is 0.124. The molecule has 0 aliphatic heterocycles. The molecule has 2 atom stereocenters. The lowest BCUT2D eigenvalue weighted by molar-refractivity contribution is 0.0663. The minimum atomic E-state index is -0.279. The van der Waals surface area contributed by atoms with Crippen LogP contribution in [0.1, 0.15) is 36.0 Å². The first-order valence-electron chi connectivity index (χ1n) is 7.17. The molecule has 0 saturated heterocycles. The van der Waals surface area contributed by atoms with E-state index in [2.05, 4.69) is 10.3 Å². The van der Waals surface area contributed by atoms with Gasteiger partial charge in [-0.1, -0.05) is 12.8 Å². The molecule has 5 nitrogen and oxygen atoms in total. The summed E-state index contributed by atoms with van der Waals surface area (Å²) in [7, 11) is 3.82. The zero-order chi connectivity index (χ0) is 14.5. The van der Waals surface area contributed by atoms with Gasteiger partial charge in [0.15, 0.2) is 0 Å². The number of nitrogens with one attached hydrogen (secondary N) is 1. The Morgan fingerprint density at radius 2 is 2.15 bits per heavy atom.